The lowest BCUT2D eigenvalue weighted by Gasteiger charge is -2.44. The van der Waals surface area contributed by atoms with Gasteiger partial charge in [-0.1, -0.05) is 17.7 Å². The minimum absolute atomic E-state index is 0.00878. The number of hydrogen-bond donors (Lipinski definition) is 2. The van der Waals surface area contributed by atoms with Crippen molar-refractivity contribution in [3.05, 3.63) is 51.6 Å². The topological polar surface area (TPSA) is 81.8 Å². The van der Waals surface area contributed by atoms with Crippen molar-refractivity contribution in [2.75, 3.05) is 19.6 Å². The van der Waals surface area contributed by atoms with Crippen LogP contribution in [0.25, 0.3) is 10.1 Å². The van der Waals surface area contributed by atoms with Crippen LogP contribution in [0.1, 0.15) is 48.1 Å². The van der Waals surface area contributed by atoms with Crippen LogP contribution in [-0.4, -0.2) is 61.0 Å². The maximum atomic E-state index is 13.1. The number of aromatic nitrogens is 2. The van der Waals surface area contributed by atoms with Crippen molar-refractivity contribution in [2.45, 2.75) is 50.2 Å². The molecule has 0 unspecified atom stereocenters. The molecule has 4 heterocycles. The molecular weight excluding hydrogens is 505 g/mol. The molecule has 188 valence electrons. The zero-order valence-corrected chi connectivity index (χ0v) is 20.2. The molecule has 1 aromatic carbocycles. The first-order valence-electron chi connectivity index (χ1n) is 11.3. The zero-order chi connectivity index (χ0) is 25.0. The second-order valence-electron chi connectivity index (χ2n) is 9.16. The average Bonchev–Trinajstić information content (AvgIpc) is 3.50. The van der Waals surface area contributed by atoms with Crippen LogP contribution in [-0.2, 0) is 12.7 Å². The number of nitrogens with zero attached hydrogens (tertiary/aromatic N) is 4. The van der Waals surface area contributed by atoms with Crippen LogP contribution >= 0.6 is 22.9 Å². The number of piperidine rings is 1. The molecule has 35 heavy (non-hydrogen) atoms. The van der Waals surface area contributed by atoms with Crippen LogP contribution in [0.2, 0.25) is 5.02 Å². The maximum Gasteiger partial charge on any atom is 0.416 e. The fourth-order valence-corrected chi connectivity index (χ4v) is 6.58. The van der Waals surface area contributed by atoms with Gasteiger partial charge in [0.15, 0.2) is 6.29 Å². The minimum Gasteiger partial charge on any atom is -0.363 e. The Hall–Kier alpha value is -2.18. The maximum absolute atomic E-state index is 13.1. The van der Waals surface area contributed by atoms with E-state index in [9.17, 15) is 28.2 Å². The fourth-order valence-electron chi connectivity index (χ4n) is 5.23. The second-order valence-corrected chi connectivity index (χ2v) is 10.7. The fraction of sp³-hybridized carbons (Fsp3) is 0.478. The van der Waals surface area contributed by atoms with E-state index in [0.717, 1.165) is 53.2 Å². The van der Waals surface area contributed by atoms with Crippen LogP contribution in [0.5, 0.6) is 0 Å². The molecule has 2 aliphatic rings. The summed E-state index contributed by atoms with van der Waals surface area (Å²) in [6.45, 7) is 2.61. The molecule has 1 spiro atoms. The summed E-state index contributed by atoms with van der Waals surface area (Å²) in [5.74, 6) is 0. The van der Waals surface area contributed by atoms with Crippen molar-refractivity contribution in [3.63, 3.8) is 0 Å². The highest BCUT2D eigenvalue weighted by atomic mass is 35.5. The molecule has 1 amide bonds. The van der Waals surface area contributed by atoms with Crippen LogP contribution in [0.4, 0.5) is 18.0 Å². The summed E-state index contributed by atoms with van der Waals surface area (Å²) in [6, 6.07) is 5.48. The van der Waals surface area contributed by atoms with Gasteiger partial charge >= 0.3 is 12.2 Å². The Morgan fingerprint density at radius 3 is 2.57 bits per heavy atom. The van der Waals surface area contributed by atoms with Gasteiger partial charge in [0, 0.05) is 34.8 Å². The van der Waals surface area contributed by atoms with Crippen molar-refractivity contribution in [1.29, 1.82) is 0 Å². The van der Waals surface area contributed by atoms with Crippen LogP contribution in [0.15, 0.2) is 30.5 Å². The quantitative estimate of drug-likeness (QED) is 0.475. The Bertz CT molecular complexity index is 1250. The van der Waals surface area contributed by atoms with Gasteiger partial charge in [-0.2, -0.15) is 23.0 Å². The molecule has 0 saturated carbocycles. The van der Waals surface area contributed by atoms with Crippen molar-refractivity contribution in [3.8, 4) is 0 Å². The predicted octanol–water partition coefficient (Wildman–Crippen LogP) is 4.85. The summed E-state index contributed by atoms with van der Waals surface area (Å²) in [6.07, 6.45) is -1.36. The third-order valence-electron chi connectivity index (χ3n) is 7.09. The number of rotatable bonds is 3. The summed E-state index contributed by atoms with van der Waals surface area (Å²) in [5.41, 5.74) is -0.855. The van der Waals surface area contributed by atoms with E-state index in [1.165, 1.54) is 29.7 Å². The van der Waals surface area contributed by atoms with Gasteiger partial charge in [0.25, 0.3) is 0 Å². The molecular formula is C23H24ClF3N4O3S. The van der Waals surface area contributed by atoms with E-state index >= 15 is 0 Å². The van der Waals surface area contributed by atoms with E-state index in [1.807, 2.05) is 6.07 Å². The zero-order valence-electron chi connectivity index (χ0n) is 18.6. The number of carbonyl (C=O) groups excluding carboxylic acids is 1. The number of benzene rings is 1. The monoisotopic (exact) mass is 528 g/mol. The Balaban J connectivity index is 1.27. The Morgan fingerprint density at radius 2 is 1.91 bits per heavy atom. The molecule has 7 nitrogen and oxygen atoms in total. The van der Waals surface area contributed by atoms with E-state index in [0.29, 0.717) is 24.3 Å². The summed E-state index contributed by atoms with van der Waals surface area (Å²) >= 11 is 7.34. The number of carbonyl (C=O) groups is 1. The van der Waals surface area contributed by atoms with Gasteiger partial charge in [0.2, 0.25) is 0 Å². The molecule has 0 bridgehead atoms. The highest BCUT2D eigenvalue weighted by molar-refractivity contribution is 7.19. The number of fused-ring (bicyclic) bond motifs is 1. The standard InChI is InChI=1S/C23H24ClF3N4O3S/c24-17-13-31(28-19(17)20(32)33)21(34)29-8-5-22(6-9-29)4-1-7-30(22)12-16-10-14-2-3-15(23(25,26)27)11-18(14)35-16/h2-3,10-11,13,20,32-33H,1,4-9,12H2. The third kappa shape index (κ3) is 4.67. The van der Waals surface area contributed by atoms with E-state index in [4.69, 9.17) is 11.6 Å². The first-order chi connectivity index (χ1) is 16.6. The molecule has 0 atom stereocenters. The minimum atomic E-state index is -4.36. The molecule has 12 heteroatoms. The normalized spacial score (nSPS) is 18.9. The number of aliphatic hydroxyl groups is 2. The first-order valence-corrected chi connectivity index (χ1v) is 12.5. The van der Waals surface area contributed by atoms with Crippen LogP contribution < -0.4 is 0 Å². The smallest absolute Gasteiger partial charge is 0.363 e. The van der Waals surface area contributed by atoms with E-state index < -0.39 is 18.0 Å². The summed E-state index contributed by atoms with van der Waals surface area (Å²) in [5, 5.41) is 23.3. The first kappa shape index (κ1) is 24.5. The van der Waals surface area contributed by atoms with Crippen molar-refractivity contribution >= 4 is 39.1 Å². The highest BCUT2D eigenvalue weighted by Crippen LogP contribution is 2.41. The largest absolute Gasteiger partial charge is 0.416 e. The molecule has 2 fully saturated rings. The number of amides is 1. The van der Waals surface area contributed by atoms with Crippen LogP contribution in [0.3, 0.4) is 0 Å². The van der Waals surface area contributed by atoms with Gasteiger partial charge < -0.3 is 15.1 Å². The molecule has 5 rings (SSSR count). The number of halogens is 4. The Morgan fingerprint density at radius 1 is 1.17 bits per heavy atom. The predicted molar refractivity (Wildman–Crippen MR) is 125 cm³/mol. The Labute approximate surface area is 208 Å². The number of alkyl halides is 3. The van der Waals surface area contributed by atoms with E-state index in [-0.39, 0.29) is 22.3 Å². The van der Waals surface area contributed by atoms with Crippen LogP contribution in [0, 0.1) is 0 Å². The summed E-state index contributed by atoms with van der Waals surface area (Å²) in [4.78, 5) is 18.0. The van der Waals surface area contributed by atoms with Gasteiger partial charge in [-0.3, -0.25) is 4.90 Å². The van der Waals surface area contributed by atoms with Crippen molar-refractivity contribution < 1.29 is 28.2 Å². The average molecular weight is 529 g/mol. The van der Waals surface area contributed by atoms with Gasteiger partial charge in [-0.25, -0.2) is 4.79 Å². The van der Waals surface area contributed by atoms with Gasteiger partial charge in [0.05, 0.1) is 16.8 Å². The Kier molecular flexibility index (Phi) is 6.33. The number of likely N-dealkylation sites (tertiary alicyclic amines) is 2. The molecule has 3 aromatic rings. The lowest BCUT2D eigenvalue weighted by Crippen LogP contribution is -2.53. The third-order valence-corrected chi connectivity index (χ3v) is 8.46. The second kappa shape index (κ2) is 9.04. The molecule has 2 N–H and O–H groups in total. The van der Waals surface area contributed by atoms with Gasteiger partial charge in [0.1, 0.15) is 5.69 Å². The summed E-state index contributed by atoms with van der Waals surface area (Å²) in [7, 11) is 0. The van der Waals surface area contributed by atoms with E-state index in [1.54, 1.807) is 4.90 Å². The van der Waals surface area contributed by atoms with Crippen molar-refractivity contribution in [1.82, 2.24) is 19.6 Å². The molecule has 0 aliphatic carbocycles. The molecule has 2 aromatic heterocycles. The van der Waals surface area contributed by atoms with Crippen molar-refractivity contribution in [2.24, 2.45) is 0 Å². The highest BCUT2D eigenvalue weighted by Gasteiger charge is 2.44. The molecule has 0 radical (unpaired) electrons. The lowest BCUT2D eigenvalue weighted by atomic mass is 9.85. The number of thiophene rings is 1. The summed E-state index contributed by atoms with van der Waals surface area (Å²) < 4.78 is 40.9. The van der Waals surface area contributed by atoms with Gasteiger partial charge in [-0.15, -0.1) is 11.3 Å². The number of aliphatic hydroxyl groups excluding tert-OH is 1. The SMILES string of the molecule is O=C(N1CCC2(CCCN2Cc2cc3ccc(C(F)(F)F)cc3s2)CC1)n1cc(Cl)c(C(O)O)n1. The van der Waals surface area contributed by atoms with Gasteiger partial charge in [-0.05, 0) is 55.8 Å². The number of hydrogen-bond acceptors (Lipinski definition) is 6. The van der Waals surface area contributed by atoms with E-state index in [2.05, 4.69) is 10.00 Å². The molecule has 2 aliphatic heterocycles. The molecule has 2 saturated heterocycles. The lowest BCUT2D eigenvalue weighted by molar-refractivity contribution is -0.137.